The average Bonchev–Trinajstić information content (AvgIpc) is 2.32. The predicted molar refractivity (Wildman–Crippen MR) is 344 cm³/mol. The van der Waals surface area contributed by atoms with E-state index in [4.69, 9.17) is 11.6 Å². The van der Waals surface area contributed by atoms with Gasteiger partial charge in [-0.25, -0.2) is 41.9 Å². The van der Waals surface area contributed by atoms with Crippen molar-refractivity contribution in [1.29, 1.82) is 0 Å². The topological polar surface area (TPSA) is 125 Å². The molecular formula is C73H64ClF5N8O3. The summed E-state index contributed by atoms with van der Waals surface area (Å²) in [5.74, 6) is -2.67. The lowest BCUT2D eigenvalue weighted by molar-refractivity contribution is 0.0976. The quantitative estimate of drug-likeness (QED) is 0.0719. The second-order valence-corrected chi connectivity index (χ2v) is 22.6. The van der Waals surface area contributed by atoms with Crippen molar-refractivity contribution in [3.63, 3.8) is 0 Å². The summed E-state index contributed by atoms with van der Waals surface area (Å²) in [4.78, 5) is 65.2. The van der Waals surface area contributed by atoms with E-state index in [1.54, 1.807) is 43.1 Å². The van der Waals surface area contributed by atoms with Crippen molar-refractivity contribution in [2.24, 2.45) is 0 Å². The van der Waals surface area contributed by atoms with Crippen molar-refractivity contribution in [2.75, 3.05) is 54.0 Å². The molecule has 0 bridgehead atoms. The molecule has 6 heterocycles. The third-order valence-corrected chi connectivity index (χ3v) is 16.6. The number of Topliss-reactive ketones (excluding diaryl/α,β-unsaturated/α-hetero) is 3. The predicted octanol–water partition coefficient (Wildman–Crippen LogP) is 15.7. The zero-order valence-corrected chi connectivity index (χ0v) is 50.7. The number of pyridine rings is 1. The van der Waals surface area contributed by atoms with Crippen LogP contribution in [0.4, 0.5) is 39.4 Å². The Bertz CT molecular complexity index is 4110. The minimum atomic E-state index is -0.840. The van der Waals surface area contributed by atoms with Crippen LogP contribution in [0.5, 0.6) is 0 Å². The van der Waals surface area contributed by atoms with E-state index < -0.39 is 51.8 Å². The van der Waals surface area contributed by atoms with Gasteiger partial charge in [0.05, 0.1) is 22.9 Å². The summed E-state index contributed by atoms with van der Waals surface area (Å²) in [6, 6.07) is 42.1. The number of carbonyl (C=O) groups excluding carboxylic acids is 3. The van der Waals surface area contributed by atoms with Gasteiger partial charge in [-0.15, -0.1) is 0 Å². The molecule has 12 rings (SSSR count). The maximum Gasteiger partial charge on any atom is 0.173 e. The number of aromatic nitrogens is 5. The maximum absolute atomic E-state index is 13.9. The molecule has 6 aromatic carbocycles. The van der Waals surface area contributed by atoms with Crippen molar-refractivity contribution in [1.82, 2.24) is 24.9 Å². The summed E-state index contributed by atoms with van der Waals surface area (Å²) in [7, 11) is 0. The number of ketones is 3. The molecule has 3 aromatic heterocycles. The molecule has 0 spiro atoms. The molecule has 90 heavy (non-hydrogen) atoms. The van der Waals surface area contributed by atoms with Crippen molar-refractivity contribution in [3.8, 4) is 0 Å². The van der Waals surface area contributed by atoms with Gasteiger partial charge in [-0.2, -0.15) is 0 Å². The Hall–Kier alpha value is -9.80. The molecule has 3 aliphatic heterocycles. The Morgan fingerprint density at radius 3 is 1.26 bits per heavy atom. The molecule has 0 amide bonds. The molecule has 0 unspecified atom stereocenters. The number of rotatable bonds is 15. The number of hydrogen-bond acceptors (Lipinski definition) is 11. The van der Waals surface area contributed by atoms with Gasteiger partial charge in [0, 0.05) is 89.5 Å². The number of halogens is 6. The van der Waals surface area contributed by atoms with Crippen LogP contribution in [0.15, 0.2) is 206 Å². The van der Waals surface area contributed by atoms with Crippen molar-refractivity contribution in [2.45, 2.75) is 59.3 Å². The molecule has 0 N–H and O–H groups in total. The lowest BCUT2D eigenvalue weighted by Crippen LogP contribution is -2.31. The van der Waals surface area contributed by atoms with Gasteiger partial charge >= 0.3 is 0 Å². The van der Waals surface area contributed by atoms with E-state index in [9.17, 15) is 36.3 Å². The highest BCUT2D eigenvalue weighted by Gasteiger charge is 2.25. The van der Waals surface area contributed by atoms with Crippen molar-refractivity contribution < 1.29 is 36.3 Å². The summed E-state index contributed by atoms with van der Waals surface area (Å²) in [5.41, 5.74) is 12.4. The largest absolute Gasteiger partial charge is 0.352 e. The van der Waals surface area contributed by atoms with Gasteiger partial charge in [0.2, 0.25) is 0 Å². The van der Waals surface area contributed by atoms with E-state index in [-0.39, 0.29) is 30.6 Å². The Balaban J connectivity index is 0.000000149. The average molecular weight is 1230 g/mol. The summed E-state index contributed by atoms with van der Waals surface area (Å²) >= 11 is 6.21. The van der Waals surface area contributed by atoms with E-state index in [2.05, 4.69) is 72.5 Å². The Morgan fingerprint density at radius 2 is 0.811 bits per heavy atom. The first kappa shape index (κ1) is 63.2. The van der Waals surface area contributed by atoms with Gasteiger partial charge in [0.15, 0.2) is 28.3 Å². The normalized spacial score (nSPS) is 14.2. The second-order valence-electron chi connectivity index (χ2n) is 22.3. The Morgan fingerprint density at radius 1 is 0.411 bits per heavy atom. The summed E-state index contributed by atoms with van der Waals surface area (Å²) in [5, 5.41) is 0.371. The first-order valence-electron chi connectivity index (χ1n) is 29.5. The molecule has 0 saturated carbocycles. The van der Waals surface area contributed by atoms with Crippen LogP contribution in [0, 0.1) is 29.1 Å². The van der Waals surface area contributed by atoms with Gasteiger partial charge in [0.1, 0.15) is 40.7 Å². The molecular weight excluding hydrogens is 1170 g/mol. The van der Waals surface area contributed by atoms with E-state index >= 15 is 0 Å². The molecule has 9 aromatic rings. The van der Waals surface area contributed by atoms with Crippen LogP contribution in [0.2, 0.25) is 5.15 Å². The third kappa shape index (κ3) is 15.5. The lowest BCUT2D eigenvalue weighted by Gasteiger charge is -2.31. The van der Waals surface area contributed by atoms with E-state index in [1.807, 2.05) is 85.1 Å². The van der Waals surface area contributed by atoms with Gasteiger partial charge in [-0.1, -0.05) is 131 Å². The molecule has 0 fully saturated rings. The SMILES string of the molecule is CC1=C(c2ccc(CC(=O)c3c(F)cccc3F)cc2)CN(c2cnccn2)CC1.CC1=C(c2ccc(CC(=O)c3c(F)cccc3F)cc2)CN(c2nccnc2Cl)CC1.CC1=C(c2ccc(CC(=O)c3ccccc3F)cc2)CN(c2ccccn2)CC1. The first-order chi connectivity index (χ1) is 43.6. The Kier molecular flexibility index (Phi) is 20.7. The number of nitrogens with zero attached hydrogens (tertiary/aromatic N) is 8. The zero-order valence-electron chi connectivity index (χ0n) is 50.0. The van der Waals surface area contributed by atoms with Crippen LogP contribution in [0.1, 0.15) is 104 Å². The molecule has 456 valence electrons. The van der Waals surface area contributed by atoms with Crippen molar-refractivity contribution in [3.05, 3.63) is 290 Å². The zero-order chi connectivity index (χ0) is 63.3. The fourth-order valence-electron chi connectivity index (χ4n) is 11.2. The summed E-state index contributed by atoms with van der Waals surface area (Å²) in [6.07, 6.45) is 13.0. The van der Waals surface area contributed by atoms with Crippen LogP contribution in [-0.4, -0.2) is 81.5 Å². The molecule has 0 atom stereocenters. The fraction of sp³-hybridized carbons (Fsp3) is 0.205. The van der Waals surface area contributed by atoms with Gasteiger partial charge in [-0.05, 0) is 139 Å². The lowest BCUT2D eigenvalue weighted by atomic mass is 9.93. The maximum atomic E-state index is 13.9. The van der Waals surface area contributed by atoms with Crippen LogP contribution in [0.25, 0.3) is 16.7 Å². The Labute approximate surface area is 525 Å². The third-order valence-electron chi connectivity index (χ3n) is 16.3. The minimum absolute atomic E-state index is 0.0537. The molecule has 17 heteroatoms. The molecule has 3 aliphatic rings. The second kappa shape index (κ2) is 29.5. The smallest absolute Gasteiger partial charge is 0.173 e. The summed E-state index contributed by atoms with van der Waals surface area (Å²) in [6.45, 7) is 11.2. The number of anilines is 3. The molecule has 0 saturated heterocycles. The van der Waals surface area contributed by atoms with E-state index in [0.717, 1.165) is 116 Å². The fourth-order valence-corrected chi connectivity index (χ4v) is 11.4. The number of carbonyl (C=O) groups is 3. The standard InChI is InChI=1S/C25H23FN2O.C24H20ClF2N3O.C24H21F2N3O/c1-18-13-15-28(25-8-4-5-14-27-25)17-22(18)20-11-9-19(10-12-20)16-24(29)21-6-2-3-7-23(21)26;1-15-9-12-30(24-23(25)28-10-11-29-24)14-18(15)17-7-5-16(6-8-17)13-21(31)22-19(26)3-2-4-20(22)27;1-16-9-12-29(23-14-27-10-11-28-23)15-19(16)18-7-5-17(6-8-18)13-22(30)24-20(25)3-2-4-21(24)26/h2-12,14H,13,15-17H2,1H3;2-8,10-11H,9,12-14H2,1H3;2-8,10-11,14H,9,12-13,15H2,1H3. The molecule has 0 radical (unpaired) electrons. The molecule has 0 aliphatic carbocycles. The minimum Gasteiger partial charge on any atom is -0.352 e. The van der Waals surface area contributed by atoms with Gasteiger partial charge in [-0.3, -0.25) is 19.4 Å². The van der Waals surface area contributed by atoms with Crippen LogP contribution in [0.3, 0.4) is 0 Å². The summed E-state index contributed by atoms with van der Waals surface area (Å²) < 4.78 is 69.3. The van der Waals surface area contributed by atoms with E-state index in [0.29, 0.717) is 28.6 Å². The number of benzene rings is 6. The highest BCUT2D eigenvalue weighted by Crippen LogP contribution is 2.34. The van der Waals surface area contributed by atoms with Crippen LogP contribution >= 0.6 is 11.6 Å². The molecule has 11 nitrogen and oxygen atoms in total. The van der Waals surface area contributed by atoms with Crippen molar-refractivity contribution >= 4 is 63.1 Å². The first-order valence-corrected chi connectivity index (χ1v) is 29.9. The number of hydrogen-bond donors (Lipinski definition) is 0. The highest BCUT2D eigenvalue weighted by molar-refractivity contribution is 6.31. The van der Waals surface area contributed by atoms with E-state index in [1.165, 1.54) is 52.1 Å². The van der Waals surface area contributed by atoms with Crippen LogP contribution in [-0.2, 0) is 19.3 Å². The van der Waals surface area contributed by atoms with Crippen LogP contribution < -0.4 is 14.7 Å². The highest BCUT2D eigenvalue weighted by atomic mass is 35.5. The van der Waals surface area contributed by atoms with Gasteiger partial charge < -0.3 is 14.7 Å². The van der Waals surface area contributed by atoms with Gasteiger partial charge in [0.25, 0.3) is 0 Å². The monoisotopic (exact) mass is 1230 g/mol.